The fourth-order valence-electron chi connectivity index (χ4n) is 3.41. The van der Waals surface area contributed by atoms with Gasteiger partial charge in [-0.15, -0.1) is 0 Å². The van der Waals surface area contributed by atoms with Crippen molar-refractivity contribution in [3.05, 3.63) is 65.7 Å². The van der Waals surface area contributed by atoms with Crippen molar-refractivity contribution in [1.82, 2.24) is 10.6 Å². The van der Waals surface area contributed by atoms with Gasteiger partial charge in [-0.05, 0) is 43.5 Å². The van der Waals surface area contributed by atoms with E-state index in [0.717, 1.165) is 11.1 Å². The number of hydrogen-bond donors (Lipinski definition) is 2. The zero-order chi connectivity index (χ0) is 26.3. The van der Waals surface area contributed by atoms with Crippen LogP contribution in [0.15, 0.2) is 54.6 Å². The summed E-state index contributed by atoms with van der Waals surface area (Å²) in [7, 11) is 0. The summed E-state index contributed by atoms with van der Waals surface area (Å²) in [6, 6.07) is 15.0. The Labute approximate surface area is 211 Å². The van der Waals surface area contributed by atoms with Crippen LogP contribution in [0.2, 0.25) is 0 Å². The second-order valence-corrected chi connectivity index (χ2v) is 8.03. The van der Waals surface area contributed by atoms with E-state index >= 15 is 0 Å². The molecule has 194 valence electrons. The number of amides is 2. The quantitative estimate of drug-likeness (QED) is 0.384. The molecule has 2 aromatic carbocycles. The molecule has 36 heavy (non-hydrogen) atoms. The van der Waals surface area contributed by atoms with E-state index in [1.807, 2.05) is 42.5 Å². The highest BCUT2D eigenvalue weighted by Crippen LogP contribution is 2.16. The molecule has 0 heterocycles. The highest BCUT2D eigenvalue weighted by molar-refractivity contribution is 5.90. The molecule has 2 amide bonds. The lowest BCUT2D eigenvalue weighted by Crippen LogP contribution is -2.52. The molecule has 0 aliphatic heterocycles. The predicted molar refractivity (Wildman–Crippen MR) is 133 cm³/mol. The van der Waals surface area contributed by atoms with Gasteiger partial charge in [0.15, 0.2) is 0 Å². The minimum Gasteiger partial charge on any atom is -0.489 e. The Morgan fingerprint density at radius 3 is 2.08 bits per heavy atom. The van der Waals surface area contributed by atoms with Crippen molar-refractivity contribution in [3.8, 4) is 5.75 Å². The van der Waals surface area contributed by atoms with E-state index < -0.39 is 35.8 Å². The summed E-state index contributed by atoms with van der Waals surface area (Å²) in [5.41, 5.74) is 1.83. The standard InChI is InChI=1S/C27H34N2O7/c1-4-34-25(31)16-15-23(27(33)35-5-2)29-26(32)24(28-19(3)30)17-20-11-13-22(14-12-20)36-18-21-9-7-6-8-10-21/h6-14,23-24H,4-5,15-18H2,1-3H3,(H,28,30)(H,29,32)/t23-,24+/m0/s1. The van der Waals surface area contributed by atoms with E-state index in [-0.39, 0.29) is 32.5 Å². The van der Waals surface area contributed by atoms with Crippen LogP contribution in [0.4, 0.5) is 0 Å². The molecular formula is C27H34N2O7. The average Bonchev–Trinajstić information content (AvgIpc) is 2.86. The van der Waals surface area contributed by atoms with E-state index in [1.165, 1.54) is 6.92 Å². The van der Waals surface area contributed by atoms with Crippen molar-refractivity contribution in [2.45, 2.75) is 58.7 Å². The van der Waals surface area contributed by atoms with Gasteiger partial charge in [-0.3, -0.25) is 14.4 Å². The highest BCUT2D eigenvalue weighted by Gasteiger charge is 2.28. The van der Waals surface area contributed by atoms with Crippen molar-refractivity contribution >= 4 is 23.8 Å². The number of benzene rings is 2. The molecule has 2 rings (SSSR count). The first kappa shape index (κ1) is 28.4. The lowest BCUT2D eigenvalue weighted by Gasteiger charge is -2.22. The summed E-state index contributed by atoms with van der Waals surface area (Å²) < 4.78 is 15.7. The first-order chi connectivity index (χ1) is 17.3. The van der Waals surface area contributed by atoms with Gasteiger partial charge in [0.1, 0.15) is 24.4 Å². The summed E-state index contributed by atoms with van der Waals surface area (Å²) in [4.78, 5) is 48.9. The first-order valence-electron chi connectivity index (χ1n) is 12.0. The number of esters is 2. The SMILES string of the molecule is CCOC(=O)CC[C@H](NC(=O)[C@@H](Cc1ccc(OCc2ccccc2)cc1)NC(C)=O)C(=O)OCC. The lowest BCUT2D eigenvalue weighted by molar-refractivity contribution is -0.149. The molecule has 0 unspecified atom stereocenters. The molecular weight excluding hydrogens is 464 g/mol. The Balaban J connectivity index is 2.03. The van der Waals surface area contributed by atoms with Gasteiger partial charge in [-0.2, -0.15) is 0 Å². The Morgan fingerprint density at radius 2 is 1.47 bits per heavy atom. The van der Waals surface area contributed by atoms with Crippen molar-refractivity contribution in [1.29, 1.82) is 0 Å². The van der Waals surface area contributed by atoms with Crippen LogP contribution in [0, 0.1) is 0 Å². The van der Waals surface area contributed by atoms with E-state index in [1.54, 1.807) is 26.0 Å². The molecule has 0 aromatic heterocycles. The monoisotopic (exact) mass is 498 g/mol. The lowest BCUT2D eigenvalue weighted by atomic mass is 10.0. The second kappa shape index (κ2) is 15.2. The predicted octanol–water partition coefficient (Wildman–Crippen LogP) is 2.70. The zero-order valence-corrected chi connectivity index (χ0v) is 21.0. The fourth-order valence-corrected chi connectivity index (χ4v) is 3.41. The Kier molecular flexibility index (Phi) is 12.0. The van der Waals surface area contributed by atoms with Crippen LogP contribution in [0.25, 0.3) is 0 Å². The maximum absolute atomic E-state index is 13.0. The summed E-state index contributed by atoms with van der Waals surface area (Å²) in [5.74, 6) is -1.41. The smallest absolute Gasteiger partial charge is 0.328 e. The van der Waals surface area contributed by atoms with E-state index in [0.29, 0.717) is 12.4 Å². The van der Waals surface area contributed by atoms with E-state index in [4.69, 9.17) is 14.2 Å². The molecule has 2 atom stereocenters. The van der Waals surface area contributed by atoms with Crippen molar-refractivity contribution < 1.29 is 33.4 Å². The second-order valence-electron chi connectivity index (χ2n) is 8.03. The Hall–Kier alpha value is -3.88. The van der Waals surface area contributed by atoms with Gasteiger partial charge in [0.05, 0.1) is 13.2 Å². The molecule has 9 heteroatoms. The van der Waals surface area contributed by atoms with Gasteiger partial charge >= 0.3 is 11.9 Å². The molecule has 0 radical (unpaired) electrons. The number of hydrogen-bond acceptors (Lipinski definition) is 7. The summed E-state index contributed by atoms with van der Waals surface area (Å²) in [6.07, 6.45) is 0.147. The minimum atomic E-state index is -1.05. The number of carbonyl (C=O) groups is 4. The molecule has 0 saturated heterocycles. The molecule has 2 N–H and O–H groups in total. The normalized spacial score (nSPS) is 12.1. The summed E-state index contributed by atoms with van der Waals surface area (Å²) >= 11 is 0. The van der Waals surface area contributed by atoms with Crippen LogP contribution in [-0.4, -0.2) is 49.1 Å². The van der Waals surface area contributed by atoms with Gasteiger partial charge in [0.25, 0.3) is 0 Å². The van der Waals surface area contributed by atoms with Crippen LogP contribution in [-0.2, 0) is 41.7 Å². The van der Waals surface area contributed by atoms with Gasteiger partial charge in [0, 0.05) is 19.8 Å². The van der Waals surface area contributed by atoms with Crippen LogP contribution in [0.5, 0.6) is 5.75 Å². The molecule has 0 saturated carbocycles. The van der Waals surface area contributed by atoms with E-state index in [9.17, 15) is 19.2 Å². The fraction of sp³-hybridized carbons (Fsp3) is 0.407. The molecule has 2 aromatic rings. The maximum atomic E-state index is 13.0. The van der Waals surface area contributed by atoms with Crippen molar-refractivity contribution in [3.63, 3.8) is 0 Å². The Bertz CT molecular complexity index is 993. The molecule has 9 nitrogen and oxygen atoms in total. The van der Waals surface area contributed by atoms with Gasteiger partial charge in [-0.25, -0.2) is 4.79 Å². The van der Waals surface area contributed by atoms with E-state index in [2.05, 4.69) is 10.6 Å². The molecule has 0 aliphatic carbocycles. The van der Waals surface area contributed by atoms with Gasteiger partial charge < -0.3 is 24.8 Å². The molecule has 0 aliphatic rings. The number of carbonyl (C=O) groups excluding carboxylic acids is 4. The maximum Gasteiger partial charge on any atom is 0.328 e. The van der Waals surface area contributed by atoms with Crippen LogP contribution in [0.1, 0.15) is 44.7 Å². The number of ether oxygens (including phenoxy) is 3. The van der Waals surface area contributed by atoms with Gasteiger partial charge in [0.2, 0.25) is 11.8 Å². The topological polar surface area (TPSA) is 120 Å². The largest absolute Gasteiger partial charge is 0.489 e. The third-order valence-electron chi connectivity index (χ3n) is 5.14. The zero-order valence-electron chi connectivity index (χ0n) is 21.0. The first-order valence-corrected chi connectivity index (χ1v) is 12.0. The van der Waals surface area contributed by atoms with Gasteiger partial charge in [-0.1, -0.05) is 42.5 Å². The summed E-state index contributed by atoms with van der Waals surface area (Å²) in [6.45, 7) is 5.41. The Morgan fingerprint density at radius 1 is 0.806 bits per heavy atom. The third kappa shape index (κ3) is 10.2. The van der Waals surface area contributed by atoms with Crippen LogP contribution in [0.3, 0.4) is 0 Å². The number of nitrogens with one attached hydrogen (secondary N) is 2. The molecule has 0 spiro atoms. The van der Waals surface area contributed by atoms with Crippen LogP contribution >= 0.6 is 0 Å². The summed E-state index contributed by atoms with van der Waals surface area (Å²) in [5, 5.41) is 5.24. The number of rotatable bonds is 14. The van der Waals surface area contributed by atoms with Crippen molar-refractivity contribution in [2.24, 2.45) is 0 Å². The van der Waals surface area contributed by atoms with Crippen LogP contribution < -0.4 is 15.4 Å². The highest BCUT2D eigenvalue weighted by atomic mass is 16.5. The molecule has 0 bridgehead atoms. The minimum absolute atomic E-state index is 0.0175. The van der Waals surface area contributed by atoms with Crippen molar-refractivity contribution in [2.75, 3.05) is 13.2 Å². The molecule has 0 fully saturated rings. The average molecular weight is 499 g/mol. The third-order valence-corrected chi connectivity index (χ3v) is 5.14.